The SMILES string of the molecule is CCCCCCCCCN(CCCCCCC)OC. The third kappa shape index (κ3) is 14.1. The molecular formula is C17H37NO. The van der Waals surface area contributed by atoms with E-state index in [0.29, 0.717) is 0 Å². The summed E-state index contributed by atoms with van der Waals surface area (Å²) >= 11 is 0. The van der Waals surface area contributed by atoms with E-state index >= 15 is 0 Å². The van der Waals surface area contributed by atoms with Crippen LogP contribution in [0.2, 0.25) is 0 Å². The molecule has 0 aromatic heterocycles. The molecule has 19 heavy (non-hydrogen) atoms. The average molecular weight is 271 g/mol. The zero-order valence-corrected chi connectivity index (χ0v) is 13.8. The van der Waals surface area contributed by atoms with Gasteiger partial charge in [-0.1, -0.05) is 78.1 Å². The summed E-state index contributed by atoms with van der Waals surface area (Å²) in [6, 6.07) is 0. The van der Waals surface area contributed by atoms with Gasteiger partial charge in [-0.2, -0.15) is 5.06 Å². The number of hydrogen-bond acceptors (Lipinski definition) is 2. The van der Waals surface area contributed by atoms with Crippen LogP contribution < -0.4 is 0 Å². The van der Waals surface area contributed by atoms with Crippen LogP contribution in [0.25, 0.3) is 0 Å². The quantitative estimate of drug-likeness (QED) is 0.285. The zero-order valence-electron chi connectivity index (χ0n) is 13.8. The lowest BCUT2D eigenvalue weighted by Crippen LogP contribution is -2.24. The molecule has 0 unspecified atom stereocenters. The van der Waals surface area contributed by atoms with Crippen molar-refractivity contribution in [1.29, 1.82) is 0 Å². The summed E-state index contributed by atoms with van der Waals surface area (Å²) in [6.45, 7) is 6.76. The van der Waals surface area contributed by atoms with Gasteiger partial charge >= 0.3 is 0 Å². The summed E-state index contributed by atoms with van der Waals surface area (Å²) < 4.78 is 0. The molecule has 0 saturated heterocycles. The van der Waals surface area contributed by atoms with E-state index in [4.69, 9.17) is 4.84 Å². The molecule has 0 aliphatic carbocycles. The Labute approximate surface area is 121 Å². The Hall–Kier alpha value is -0.0800. The van der Waals surface area contributed by atoms with Gasteiger partial charge in [-0.3, -0.25) is 0 Å². The van der Waals surface area contributed by atoms with Crippen LogP contribution in [0, 0.1) is 0 Å². The molecule has 0 aliphatic heterocycles. The summed E-state index contributed by atoms with van der Waals surface area (Å²) in [5, 5.41) is 2.15. The van der Waals surface area contributed by atoms with Gasteiger partial charge < -0.3 is 4.84 Å². The first-order valence-electron chi connectivity index (χ1n) is 8.64. The molecule has 0 spiro atoms. The van der Waals surface area contributed by atoms with Gasteiger partial charge in [-0.15, -0.1) is 0 Å². The van der Waals surface area contributed by atoms with Gasteiger partial charge in [0.1, 0.15) is 0 Å². The molecule has 0 atom stereocenters. The fraction of sp³-hybridized carbons (Fsp3) is 1.00. The molecule has 0 heterocycles. The van der Waals surface area contributed by atoms with Crippen molar-refractivity contribution in [3.05, 3.63) is 0 Å². The second kappa shape index (κ2) is 16.0. The minimum atomic E-state index is 1.11. The highest BCUT2D eigenvalue weighted by molar-refractivity contribution is 4.51. The maximum absolute atomic E-state index is 5.44. The van der Waals surface area contributed by atoms with Crippen molar-refractivity contribution in [2.24, 2.45) is 0 Å². The Bertz CT molecular complexity index is 161. The van der Waals surface area contributed by atoms with Crippen LogP contribution in [-0.4, -0.2) is 25.3 Å². The van der Waals surface area contributed by atoms with Crippen molar-refractivity contribution in [3.63, 3.8) is 0 Å². The van der Waals surface area contributed by atoms with Crippen molar-refractivity contribution in [2.75, 3.05) is 20.2 Å². The van der Waals surface area contributed by atoms with Crippen LogP contribution in [0.4, 0.5) is 0 Å². The smallest absolute Gasteiger partial charge is 0.0575 e. The highest BCUT2D eigenvalue weighted by atomic mass is 16.7. The maximum atomic E-state index is 5.44. The van der Waals surface area contributed by atoms with E-state index in [9.17, 15) is 0 Å². The third-order valence-electron chi connectivity index (χ3n) is 3.78. The minimum Gasteiger partial charge on any atom is -0.302 e. The Morgan fingerprint density at radius 3 is 1.32 bits per heavy atom. The lowest BCUT2D eigenvalue weighted by molar-refractivity contribution is -0.132. The molecule has 0 rings (SSSR count). The van der Waals surface area contributed by atoms with Crippen molar-refractivity contribution >= 4 is 0 Å². The second-order valence-corrected chi connectivity index (χ2v) is 5.65. The molecular weight excluding hydrogens is 234 g/mol. The molecule has 0 saturated carbocycles. The van der Waals surface area contributed by atoms with E-state index in [0.717, 1.165) is 13.1 Å². The number of nitrogens with zero attached hydrogens (tertiary/aromatic N) is 1. The maximum Gasteiger partial charge on any atom is 0.0575 e. The topological polar surface area (TPSA) is 12.5 Å². The van der Waals surface area contributed by atoms with Crippen LogP contribution in [0.1, 0.15) is 90.9 Å². The standard InChI is InChI=1S/C17H37NO/c1-4-6-8-10-11-13-15-17-18(19-3)16-14-12-9-7-5-2/h4-17H2,1-3H3. The molecule has 0 aromatic rings. The molecule has 0 fully saturated rings. The molecule has 116 valence electrons. The lowest BCUT2D eigenvalue weighted by Gasteiger charge is -2.19. The monoisotopic (exact) mass is 271 g/mol. The normalized spacial score (nSPS) is 11.4. The summed E-state index contributed by atoms with van der Waals surface area (Å²) in [5.74, 6) is 0. The van der Waals surface area contributed by atoms with Crippen LogP contribution in [0.3, 0.4) is 0 Å². The first-order valence-corrected chi connectivity index (χ1v) is 8.64. The molecule has 0 bridgehead atoms. The van der Waals surface area contributed by atoms with Crippen molar-refractivity contribution in [2.45, 2.75) is 90.9 Å². The Balaban J connectivity index is 3.29. The largest absolute Gasteiger partial charge is 0.302 e. The molecule has 2 heteroatoms. The summed E-state index contributed by atoms with van der Waals surface area (Å²) in [5.41, 5.74) is 0. The van der Waals surface area contributed by atoms with E-state index < -0.39 is 0 Å². The average Bonchev–Trinajstić information content (AvgIpc) is 2.44. The number of hydrogen-bond donors (Lipinski definition) is 0. The summed E-state index contributed by atoms with van der Waals surface area (Å²) in [6.07, 6.45) is 16.3. The van der Waals surface area contributed by atoms with E-state index in [1.54, 1.807) is 0 Å². The molecule has 0 aliphatic rings. The fourth-order valence-electron chi connectivity index (χ4n) is 2.43. The van der Waals surface area contributed by atoms with Crippen LogP contribution >= 0.6 is 0 Å². The number of hydroxylamine groups is 2. The lowest BCUT2D eigenvalue weighted by atomic mass is 10.1. The fourth-order valence-corrected chi connectivity index (χ4v) is 2.43. The number of unbranched alkanes of at least 4 members (excludes halogenated alkanes) is 10. The molecule has 0 aromatic carbocycles. The van der Waals surface area contributed by atoms with E-state index in [2.05, 4.69) is 18.9 Å². The second-order valence-electron chi connectivity index (χ2n) is 5.65. The van der Waals surface area contributed by atoms with Gasteiger partial charge in [0.05, 0.1) is 7.11 Å². The van der Waals surface area contributed by atoms with E-state index in [1.807, 2.05) is 7.11 Å². The molecule has 0 radical (unpaired) electrons. The highest BCUT2D eigenvalue weighted by Gasteiger charge is 2.02. The van der Waals surface area contributed by atoms with Crippen LogP contribution in [0.15, 0.2) is 0 Å². The van der Waals surface area contributed by atoms with Crippen molar-refractivity contribution in [3.8, 4) is 0 Å². The van der Waals surface area contributed by atoms with Gasteiger partial charge in [-0.25, -0.2) is 0 Å². The Kier molecular flexibility index (Phi) is 15.9. The highest BCUT2D eigenvalue weighted by Crippen LogP contribution is 2.09. The van der Waals surface area contributed by atoms with Gasteiger partial charge in [0.15, 0.2) is 0 Å². The predicted octanol–water partition coefficient (Wildman–Crippen LogP) is 5.57. The molecule has 0 amide bonds. The summed E-state index contributed by atoms with van der Waals surface area (Å²) in [7, 11) is 1.81. The predicted molar refractivity (Wildman–Crippen MR) is 85.3 cm³/mol. The first-order chi connectivity index (χ1) is 9.35. The zero-order chi connectivity index (χ0) is 14.2. The van der Waals surface area contributed by atoms with Gasteiger partial charge in [0, 0.05) is 13.1 Å². The van der Waals surface area contributed by atoms with Crippen LogP contribution in [-0.2, 0) is 4.84 Å². The molecule has 0 N–H and O–H groups in total. The van der Waals surface area contributed by atoms with Gasteiger partial charge in [0.2, 0.25) is 0 Å². The van der Waals surface area contributed by atoms with Gasteiger partial charge in [0.25, 0.3) is 0 Å². The van der Waals surface area contributed by atoms with E-state index in [1.165, 1.54) is 77.0 Å². The molecule has 2 nitrogen and oxygen atoms in total. The third-order valence-corrected chi connectivity index (χ3v) is 3.78. The van der Waals surface area contributed by atoms with Crippen LogP contribution in [0.5, 0.6) is 0 Å². The van der Waals surface area contributed by atoms with Crippen molar-refractivity contribution < 1.29 is 4.84 Å². The Morgan fingerprint density at radius 1 is 0.579 bits per heavy atom. The summed E-state index contributed by atoms with van der Waals surface area (Å²) in [4.78, 5) is 5.44. The van der Waals surface area contributed by atoms with Crippen molar-refractivity contribution in [1.82, 2.24) is 5.06 Å². The Morgan fingerprint density at radius 2 is 0.947 bits per heavy atom. The van der Waals surface area contributed by atoms with Gasteiger partial charge in [-0.05, 0) is 12.8 Å². The van der Waals surface area contributed by atoms with E-state index in [-0.39, 0.29) is 0 Å². The number of rotatable bonds is 15. The first kappa shape index (κ1) is 18.9. The minimum absolute atomic E-state index is 1.11.